The first-order valence-corrected chi connectivity index (χ1v) is 6.34. The second-order valence-corrected chi connectivity index (χ2v) is 5.77. The number of hydrogen-bond acceptors (Lipinski definition) is 3. The molecule has 0 bridgehead atoms. The molecule has 19 heavy (non-hydrogen) atoms. The Hall–Kier alpha value is -1.87. The number of benzene rings is 1. The van der Waals surface area contributed by atoms with E-state index in [-0.39, 0.29) is 11.5 Å². The number of azide groups is 1. The summed E-state index contributed by atoms with van der Waals surface area (Å²) >= 11 is 0. The minimum absolute atomic E-state index is 0.0218. The van der Waals surface area contributed by atoms with Gasteiger partial charge in [0.15, 0.2) is 0 Å². The summed E-state index contributed by atoms with van der Waals surface area (Å²) in [5.74, 6) is 1.77. The molecule has 1 aromatic carbocycles. The Morgan fingerprint density at radius 3 is 2.79 bits per heavy atom. The molecule has 0 saturated carbocycles. The number of nitrogens with zero attached hydrogens (tertiary/aromatic N) is 3. The smallest absolute Gasteiger partial charge is 0.127 e. The average Bonchev–Trinajstić information content (AvgIpc) is 2.76. The first-order chi connectivity index (χ1) is 8.95. The third-order valence-electron chi connectivity index (χ3n) is 3.26. The predicted octanol–water partition coefficient (Wildman–Crippen LogP) is 3.61. The van der Waals surface area contributed by atoms with E-state index in [0.29, 0.717) is 6.54 Å². The lowest BCUT2D eigenvalue weighted by Gasteiger charge is -2.23. The molecule has 0 spiro atoms. The Morgan fingerprint density at radius 2 is 2.21 bits per heavy atom. The van der Waals surface area contributed by atoms with Gasteiger partial charge in [0.25, 0.3) is 0 Å². The zero-order valence-electron chi connectivity index (χ0n) is 11.8. The minimum Gasteiger partial charge on any atom is -0.497 e. The van der Waals surface area contributed by atoms with Crippen molar-refractivity contribution in [2.45, 2.75) is 38.7 Å². The fraction of sp³-hybridized carbons (Fsp3) is 0.571. The number of fused-ring (bicyclic) bond motifs is 1. The van der Waals surface area contributed by atoms with Crippen LogP contribution in [-0.2, 0) is 11.8 Å². The summed E-state index contributed by atoms with van der Waals surface area (Å²) in [6.07, 6.45) is 0.688. The van der Waals surface area contributed by atoms with Crippen molar-refractivity contribution >= 4 is 0 Å². The number of methoxy groups -OCH3 is 1. The van der Waals surface area contributed by atoms with Crippen LogP contribution in [-0.4, -0.2) is 19.8 Å². The van der Waals surface area contributed by atoms with Crippen molar-refractivity contribution in [3.8, 4) is 11.5 Å². The summed E-state index contributed by atoms with van der Waals surface area (Å²) in [4.78, 5) is 2.79. The summed E-state index contributed by atoms with van der Waals surface area (Å²) < 4.78 is 11.3. The Balaban J connectivity index is 2.39. The molecule has 102 valence electrons. The monoisotopic (exact) mass is 261 g/mol. The van der Waals surface area contributed by atoms with Crippen molar-refractivity contribution in [3.63, 3.8) is 0 Å². The molecule has 0 fully saturated rings. The number of ether oxygens (including phenoxy) is 2. The fourth-order valence-corrected chi connectivity index (χ4v) is 2.31. The van der Waals surface area contributed by atoms with Gasteiger partial charge in [-0.3, -0.25) is 0 Å². The zero-order valence-corrected chi connectivity index (χ0v) is 11.8. The molecule has 0 aromatic heterocycles. The molecule has 1 heterocycles. The standard InChI is InChI=1S/C14H19N3O2/c1-14(2,3)12-7-10(18-4)5-9-6-11(8-16-17-15)19-13(9)12/h5,7,11H,6,8H2,1-4H3. The van der Waals surface area contributed by atoms with Crippen molar-refractivity contribution in [2.75, 3.05) is 13.7 Å². The van der Waals surface area contributed by atoms with Gasteiger partial charge in [0, 0.05) is 22.5 Å². The van der Waals surface area contributed by atoms with Crippen molar-refractivity contribution in [1.29, 1.82) is 0 Å². The molecular formula is C14H19N3O2. The lowest BCUT2D eigenvalue weighted by molar-refractivity contribution is 0.236. The average molecular weight is 261 g/mol. The van der Waals surface area contributed by atoms with Crippen LogP contribution < -0.4 is 9.47 Å². The van der Waals surface area contributed by atoms with E-state index in [4.69, 9.17) is 15.0 Å². The Labute approximate surface area is 113 Å². The van der Waals surface area contributed by atoms with Gasteiger partial charge < -0.3 is 9.47 Å². The predicted molar refractivity (Wildman–Crippen MR) is 73.8 cm³/mol. The highest BCUT2D eigenvalue weighted by Gasteiger charge is 2.30. The number of hydrogen-bond donors (Lipinski definition) is 0. The van der Waals surface area contributed by atoms with Gasteiger partial charge in [-0.1, -0.05) is 25.9 Å². The SMILES string of the molecule is COc1cc2c(c(C(C)(C)C)c1)OC(CN=[N+]=[N-])C2. The molecular weight excluding hydrogens is 242 g/mol. The first kappa shape index (κ1) is 13.6. The molecule has 5 nitrogen and oxygen atoms in total. The van der Waals surface area contributed by atoms with Gasteiger partial charge in [0.2, 0.25) is 0 Å². The summed E-state index contributed by atoms with van der Waals surface area (Å²) in [7, 11) is 1.67. The van der Waals surface area contributed by atoms with E-state index in [1.807, 2.05) is 12.1 Å². The molecule has 0 N–H and O–H groups in total. The molecule has 2 rings (SSSR count). The summed E-state index contributed by atoms with van der Waals surface area (Å²) in [6.45, 7) is 6.79. The van der Waals surface area contributed by atoms with Crippen LogP contribution in [0, 0.1) is 0 Å². The van der Waals surface area contributed by atoms with E-state index < -0.39 is 0 Å². The maximum absolute atomic E-state index is 8.39. The van der Waals surface area contributed by atoms with Crippen LogP contribution in [0.4, 0.5) is 0 Å². The van der Waals surface area contributed by atoms with Gasteiger partial charge >= 0.3 is 0 Å². The third-order valence-corrected chi connectivity index (χ3v) is 3.26. The van der Waals surface area contributed by atoms with E-state index in [2.05, 4.69) is 30.8 Å². The van der Waals surface area contributed by atoms with Gasteiger partial charge in [-0.2, -0.15) is 0 Å². The van der Waals surface area contributed by atoms with Crippen molar-refractivity contribution in [3.05, 3.63) is 33.7 Å². The highest BCUT2D eigenvalue weighted by molar-refractivity contribution is 5.52. The van der Waals surface area contributed by atoms with Crippen LogP contribution in [0.5, 0.6) is 11.5 Å². The topological polar surface area (TPSA) is 67.2 Å². The van der Waals surface area contributed by atoms with Gasteiger partial charge in [0.1, 0.15) is 17.6 Å². The van der Waals surface area contributed by atoms with Gasteiger partial charge in [0.05, 0.1) is 13.7 Å². The van der Waals surface area contributed by atoms with Crippen LogP contribution in [0.15, 0.2) is 17.2 Å². The van der Waals surface area contributed by atoms with E-state index in [9.17, 15) is 0 Å². The van der Waals surface area contributed by atoms with Crippen molar-refractivity contribution in [2.24, 2.45) is 5.11 Å². The summed E-state index contributed by atoms with van der Waals surface area (Å²) in [5, 5.41) is 3.60. The molecule has 5 heteroatoms. The fourth-order valence-electron chi connectivity index (χ4n) is 2.31. The highest BCUT2D eigenvalue weighted by Crippen LogP contribution is 2.41. The van der Waals surface area contributed by atoms with Crippen LogP contribution in [0.2, 0.25) is 0 Å². The molecule has 0 saturated heterocycles. The van der Waals surface area contributed by atoms with Crippen LogP contribution in [0.25, 0.3) is 10.4 Å². The maximum atomic E-state index is 8.39. The quantitative estimate of drug-likeness (QED) is 0.474. The van der Waals surface area contributed by atoms with E-state index in [0.717, 1.165) is 29.0 Å². The Kier molecular flexibility index (Phi) is 3.58. The normalized spacial score (nSPS) is 17.4. The van der Waals surface area contributed by atoms with E-state index in [1.165, 1.54) is 0 Å². The van der Waals surface area contributed by atoms with Crippen LogP contribution >= 0.6 is 0 Å². The first-order valence-electron chi connectivity index (χ1n) is 6.34. The second kappa shape index (κ2) is 5.02. The van der Waals surface area contributed by atoms with E-state index in [1.54, 1.807) is 7.11 Å². The summed E-state index contributed by atoms with van der Waals surface area (Å²) in [5.41, 5.74) is 10.6. The lowest BCUT2D eigenvalue weighted by atomic mass is 9.85. The Morgan fingerprint density at radius 1 is 1.47 bits per heavy atom. The van der Waals surface area contributed by atoms with Gasteiger partial charge in [-0.25, -0.2) is 0 Å². The van der Waals surface area contributed by atoms with E-state index >= 15 is 0 Å². The van der Waals surface area contributed by atoms with Gasteiger partial charge in [-0.15, -0.1) is 0 Å². The van der Waals surface area contributed by atoms with Crippen molar-refractivity contribution < 1.29 is 9.47 Å². The molecule has 1 aromatic rings. The molecule has 1 atom stereocenters. The van der Waals surface area contributed by atoms with Crippen LogP contribution in [0.3, 0.4) is 0 Å². The molecule has 1 aliphatic rings. The minimum atomic E-state index is -0.0703. The second-order valence-electron chi connectivity index (χ2n) is 5.77. The number of rotatable bonds is 3. The summed E-state index contributed by atoms with van der Waals surface area (Å²) in [6, 6.07) is 4.02. The maximum Gasteiger partial charge on any atom is 0.127 e. The molecule has 0 radical (unpaired) electrons. The zero-order chi connectivity index (χ0) is 14.0. The molecule has 1 aliphatic heterocycles. The Bertz CT molecular complexity index is 528. The van der Waals surface area contributed by atoms with Crippen LogP contribution in [0.1, 0.15) is 31.9 Å². The molecule has 0 aliphatic carbocycles. The largest absolute Gasteiger partial charge is 0.497 e. The molecule has 0 amide bonds. The molecule has 1 unspecified atom stereocenters. The van der Waals surface area contributed by atoms with Crippen molar-refractivity contribution in [1.82, 2.24) is 0 Å². The van der Waals surface area contributed by atoms with Gasteiger partial charge in [-0.05, 0) is 23.1 Å². The third kappa shape index (κ3) is 2.76. The highest BCUT2D eigenvalue weighted by atomic mass is 16.5. The lowest BCUT2D eigenvalue weighted by Crippen LogP contribution is -2.18.